The lowest BCUT2D eigenvalue weighted by Gasteiger charge is -2.19. The van der Waals surface area contributed by atoms with Crippen LogP contribution in [0.3, 0.4) is 0 Å². The third-order valence-corrected chi connectivity index (χ3v) is 6.33. The number of rotatable bonds is 6. The van der Waals surface area contributed by atoms with Gasteiger partial charge in [-0.3, -0.25) is 10.1 Å². The molecule has 1 unspecified atom stereocenters. The number of carbonyl (C=O) groups is 1. The highest BCUT2D eigenvalue weighted by Crippen LogP contribution is 2.30. The van der Waals surface area contributed by atoms with E-state index < -0.39 is 15.5 Å². The van der Waals surface area contributed by atoms with Gasteiger partial charge < -0.3 is 11.5 Å². The van der Waals surface area contributed by atoms with Gasteiger partial charge in [0.15, 0.2) is 5.78 Å². The van der Waals surface area contributed by atoms with Crippen molar-refractivity contribution in [2.75, 3.05) is 6.67 Å². The first-order valence-electron chi connectivity index (χ1n) is 8.45. The highest BCUT2D eigenvalue weighted by atomic mass is 32.2. The van der Waals surface area contributed by atoms with E-state index in [1.807, 2.05) is 6.92 Å². The van der Waals surface area contributed by atoms with Gasteiger partial charge in [-0.25, -0.2) is 0 Å². The number of sulfonamides is 1. The van der Waals surface area contributed by atoms with Crippen LogP contribution in [-0.4, -0.2) is 32.1 Å². The molecule has 1 aliphatic carbocycles. The van der Waals surface area contributed by atoms with E-state index in [1.54, 1.807) is 36.4 Å². The molecule has 146 valence electrons. The second-order valence-electron chi connectivity index (χ2n) is 6.09. The number of Topliss-reactive ketones (excluding diaryl/α,β-unsaturated/α-hetero) is 1. The standard InChI is InChI=1S/C19H20N4O3S2/c1-12-6-8-13(9-7-12)28(25,26)23-16-10-17(27-19(21)22-11-20)18(24)15-5-3-2-4-14(15)16/h2-10,19,22H,11,20-21H2,1H3/b23-16+. The molecule has 2 aromatic carbocycles. The molecule has 0 saturated carbocycles. The molecule has 28 heavy (non-hydrogen) atoms. The molecule has 0 saturated heterocycles. The second-order valence-corrected chi connectivity index (χ2v) is 8.88. The molecular weight excluding hydrogens is 396 g/mol. The smallest absolute Gasteiger partial charge is 0.282 e. The Balaban J connectivity index is 2.08. The maximum absolute atomic E-state index is 12.8. The topological polar surface area (TPSA) is 128 Å². The predicted octanol–water partition coefficient (Wildman–Crippen LogP) is 1.73. The number of thioether (sulfide) groups is 1. The van der Waals surface area contributed by atoms with E-state index in [0.29, 0.717) is 16.0 Å². The molecule has 5 N–H and O–H groups in total. The molecule has 9 heteroatoms. The summed E-state index contributed by atoms with van der Waals surface area (Å²) in [6, 6.07) is 13.2. The van der Waals surface area contributed by atoms with Gasteiger partial charge in [0.2, 0.25) is 0 Å². The highest BCUT2D eigenvalue weighted by Gasteiger charge is 2.27. The van der Waals surface area contributed by atoms with E-state index >= 15 is 0 Å². The lowest BCUT2D eigenvalue weighted by Crippen LogP contribution is -2.38. The van der Waals surface area contributed by atoms with Crippen LogP contribution in [0, 0.1) is 6.92 Å². The largest absolute Gasteiger partial charge is 0.318 e. The van der Waals surface area contributed by atoms with Crippen LogP contribution in [-0.2, 0) is 10.0 Å². The number of fused-ring (bicyclic) bond motifs is 1. The summed E-state index contributed by atoms with van der Waals surface area (Å²) < 4.78 is 29.6. The highest BCUT2D eigenvalue weighted by molar-refractivity contribution is 8.04. The Bertz CT molecular complexity index is 1060. The molecular formula is C19H20N4O3S2. The Labute approximate surface area is 168 Å². The van der Waals surface area contributed by atoms with Gasteiger partial charge in [0, 0.05) is 17.8 Å². The van der Waals surface area contributed by atoms with Crippen LogP contribution in [0.5, 0.6) is 0 Å². The van der Waals surface area contributed by atoms with Crippen LogP contribution >= 0.6 is 11.8 Å². The fraction of sp³-hybridized carbons (Fsp3) is 0.158. The van der Waals surface area contributed by atoms with Crippen molar-refractivity contribution in [2.24, 2.45) is 15.9 Å². The second kappa shape index (κ2) is 8.38. The molecule has 0 amide bonds. The molecule has 2 aromatic rings. The number of hydrogen-bond acceptors (Lipinski definition) is 7. The van der Waals surface area contributed by atoms with Crippen molar-refractivity contribution in [3.8, 4) is 0 Å². The van der Waals surface area contributed by atoms with Crippen molar-refractivity contribution in [1.29, 1.82) is 0 Å². The summed E-state index contributed by atoms with van der Waals surface area (Å²) in [6.07, 6.45) is 1.46. The van der Waals surface area contributed by atoms with Gasteiger partial charge >= 0.3 is 0 Å². The molecule has 0 fully saturated rings. The number of hydrogen-bond donors (Lipinski definition) is 3. The normalized spacial score (nSPS) is 16.6. The molecule has 0 bridgehead atoms. The lowest BCUT2D eigenvalue weighted by molar-refractivity contribution is 0.104. The van der Waals surface area contributed by atoms with Gasteiger partial charge in [-0.05, 0) is 25.1 Å². The molecule has 3 rings (SSSR count). The van der Waals surface area contributed by atoms with E-state index in [9.17, 15) is 13.2 Å². The first-order chi connectivity index (χ1) is 13.3. The minimum atomic E-state index is -3.94. The van der Waals surface area contributed by atoms with Crippen molar-refractivity contribution in [2.45, 2.75) is 17.3 Å². The Hall–Kier alpha value is -2.30. The average molecular weight is 417 g/mol. The van der Waals surface area contributed by atoms with Gasteiger partial charge in [-0.2, -0.15) is 12.8 Å². The fourth-order valence-corrected chi connectivity index (χ4v) is 4.50. The van der Waals surface area contributed by atoms with E-state index in [-0.39, 0.29) is 23.1 Å². The average Bonchev–Trinajstić information content (AvgIpc) is 2.66. The minimum Gasteiger partial charge on any atom is -0.318 e. The Morgan fingerprint density at radius 3 is 2.39 bits per heavy atom. The third-order valence-electron chi connectivity index (χ3n) is 4.05. The zero-order chi connectivity index (χ0) is 20.3. The number of carbonyl (C=O) groups excluding carboxylic acids is 1. The monoisotopic (exact) mass is 416 g/mol. The zero-order valence-electron chi connectivity index (χ0n) is 15.1. The van der Waals surface area contributed by atoms with Gasteiger partial charge in [0.1, 0.15) is 5.50 Å². The number of nitrogens with zero attached hydrogens (tertiary/aromatic N) is 1. The molecule has 0 heterocycles. The Morgan fingerprint density at radius 1 is 1.11 bits per heavy atom. The van der Waals surface area contributed by atoms with Crippen LogP contribution in [0.25, 0.3) is 0 Å². The lowest BCUT2D eigenvalue weighted by atomic mass is 9.94. The van der Waals surface area contributed by atoms with Crippen LogP contribution in [0.4, 0.5) is 0 Å². The number of aryl methyl sites for hydroxylation is 1. The van der Waals surface area contributed by atoms with Crippen molar-refractivity contribution in [1.82, 2.24) is 5.32 Å². The summed E-state index contributed by atoms with van der Waals surface area (Å²) in [6.45, 7) is 2.02. The summed E-state index contributed by atoms with van der Waals surface area (Å²) in [5.41, 5.74) is 12.7. The summed E-state index contributed by atoms with van der Waals surface area (Å²) in [5.74, 6) is -0.235. The number of nitrogens with one attached hydrogen (secondary N) is 1. The van der Waals surface area contributed by atoms with Crippen molar-refractivity contribution >= 4 is 33.3 Å². The molecule has 1 aliphatic rings. The van der Waals surface area contributed by atoms with Crippen molar-refractivity contribution in [3.05, 3.63) is 76.2 Å². The molecule has 0 aliphatic heterocycles. The maximum Gasteiger partial charge on any atom is 0.282 e. The van der Waals surface area contributed by atoms with Gasteiger partial charge in [0.05, 0.1) is 15.5 Å². The van der Waals surface area contributed by atoms with Crippen molar-refractivity contribution in [3.63, 3.8) is 0 Å². The van der Waals surface area contributed by atoms with Gasteiger partial charge in [-0.15, -0.1) is 0 Å². The summed E-state index contributed by atoms with van der Waals surface area (Å²) >= 11 is 1.07. The van der Waals surface area contributed by atoms with E-state index in [0.717, 1.165) is 17.3 Å². The predicted molar refractivity (Wildman–Crippen MR) is 112 cm³/mol. The Kier molecular flexibility index (Phi) is 6.11. The number of benzene rings is 2. The quantitative estimate of drug-likeness (QED) is 0.612. The first kappa shape index (κ1) is 20.4. The van der Waals surface area contributed by atoms with Crippen LogP contribution in [0.15, 0.2) is 68.8 Å². The van der Waals surface area contributed by atoms with E-state index in [2.05, 4.69) is 9.71 Å². The van der Waals surface area contributed by atoms with E-state index in [1.165, 1.54) is 18.2 Å². The molecule has 0 radical (unpaired) electrons. The summed E-state index contributed by atoms with van der Waals surface area (Å²) in [5, 5.41) is 2.80. The van der Waals surface area contributed by atoms with Crippen LogP contribution in [0.1, 0.15) is 21.5 Å². The van der Waals surface area contributed by atoms with Gasteiger partial charge in [-0.1, -0.05) is 53.7 Å². The minimum absolute atomic E-state index is 0.0871. The first-order valence-corrected chi connectivity index (χ1v) is 10.8. The molecule has 7 nitrogen and oxygen atoms in total. The van der Waals surface area contributed by atoms with Gasteiger partial charge in [0.25, 0.3) is 10.0 Å². The molecule has 0 aromatic heterocycles. The number of nitrogens with two attached hydrogens (primary N) is 2. The molecule has 0 spiro atoms. The Morgan fingerprint density at radius 2 is 1.75 bits per heavy atom. The van der Waals surface area contributed by atoms with Crippen LogP contribution < -0.4 is 16.8 Å². The fourth-order valence-electron chi connectivity index (χ4n) is 2.65. The number of allylic oxidation sites excluding steroid dienone is 2. The summed E-state index contributed by atoms with van der Waals surface area (Å²) in [4.78, 5) is 13.2. The zero-order valence-corrected chi connectivity index (χ0v) is 16.8. The number of ketones is 1. The molecule has 1 atom stereocenters. The maximum atomic E-state index is 12.8. The third kappa shape index (κ3) is 4.40. The van der Waals surface area contributed by atoms with E-state index in [4.69, 9.17) is 11.5 Å². The van der Waals surface area contributed by atoms with Crippen LogP contribution in [0.2, 0.25) is 0 Å². The van der Waals surface area contributed by atoms with Crippen molar-refractivity contribution < 1.29 is 13.2 Å². The summed E-state index contributed by atoms with van der Waals surface area (Å²) in [7, 11) is -3.94. The SMILES string of the molecule is Cc1ccc(S(=O)(=O)/N=C2\C=C(SC(N)NCN)C(=O)c3ccccc32)cc1.